The van der Waals surface area contributed by atoms with Crippen LogP contribution in [0.25, 0.3) is 11.4 Å². The molecule has 166 valence electrons. The van der Waals surface area contributed by atoms with E-state index in [1.165, 1.54) is 35.5 Å². The van der Waals surface area contributed by atoms with Gasteiger partial charge in [0, 0.05) is 37.7 Å². The van der Waals surface area contributed by atoms with Gasteiger partial charge in [-0.25, -0.2) is 13.4 Å². The molecule has 2 N–H and O–H groups in total. The molecule has 0 aliphatic carbocycles. The van der Waals surface area contributed by atoms with E-state index in [0.29, 0.717) is 34.9 Å². The van der Waals surface area contributed by atoms with Gasteiger partial charge in [0.25, 0.3) is 5.56 Å². The molecule has 0 saturated heterocycles. The van der Waals surface area contributed by atoms with Crippen LogP contribution in [0.15, 0.2) is 58.2 Å². The Morgan fingerprint density at radius 3 is 2.44 bits per heavy atom. The third-order valence-corrected chi connectivity index (χ3v) is 7.07. The highest BCUT2D eigenvalue weighted by molar-refractivity contribution is 7.89. The fourth-order valence-electron chi connectivity index (χ4n) is 3.55. The number of nitrogens with one attached hydrogen (secondary N) is 2. The molecular formula is C22H22N4O5S. The van der Waals surface area contributed by atoms with Crippen LogP contribution in [0, 0.1) is 0 Å². The second-order valence-corrected chi connectivity index (χ2v) is 9.30. The van der Waals surface area contributed by atoms with Crippen molar-refractivity contribution in [1.82, 2.24) is 14.3 Å². The van der Waals surface area contributed by atoms with E-state index in [9.17, 15) is 18.0 Å². The van der Waals surface area contributed by atoms with Crippen LogP contribution in [-0.4, -0.2) is 42.3 Å². The van der Waals surface area contributed by atoms with Gasteiger partial charge < -0.3 is 15.0 Å². The van der Waals surface area contributed by atoms with Crippen LogP contribution in [0.4, 0.5) is 5.69 Å². The van der Waals surface area contributed by atoms with Crippen molar-refractivity contribution < 1.29 is 17.9 Å². The largest absolute Gasteiger partial charge is 0.497 e. The van der Waals surface area contributed by atoms with Crippen molar-refractivity contribution in [3.8, 4) is 17.1 Å². The summed E-state index contributed by atoms with van der Waals surface area (Å²) in [5.41, 5.74) is 1.81. The number of H-pyrrole nitrogens is 1. The maximum Gasteiger partial charge on any atom is 0.255 e. The molecule has 0 fully saturated rings. The van der Waals surface area contributed by atoms with Crippen LogP contribution in [-0.2, 0) is 27.8 Å². The fourth-order valence-corrected chi connectivity index (χ4v) is 4.96. The zero-order valence-electron chi connectivity index (χ0n) is 17.6. The Balaban J connectivity index is 1.59. The smallest absolute Gasteiger partial charge is 0.255 e. The van der Waals surface area contributed by atoms with Gasteiger partial charge >= 0.3 is 0 Å². The summed E-state index contributed by atoms with van der Waals surface area (Å²) >= 11 is 0. The van der Waals surface area contributed by atoms with Crippen LogP contribution in [0.1, 0.15) is 18.2 Å². The number of hydrogen-bond donors (Lipinski definition) is 2. The summed E-state index contributed by atoms with van der Waals surface area (Å²) in [4.78, 5) is 31.3. The molecule has 0 radical (unpaired) electrons. The van der Waals surface area contributed by atoms with E-state index in [4.69, 9.17) is 4.74 Å². The lowest BCUT2D eigenvalue weighted by molar-refractivity contribution is -0.114. The van der Waals surface area contributed by atoms with Gasteiger partial charge in [-0.3, -0.25) is 9.59 Å². The minimum absolute atomic E-state index is 0.0592. The molecule has 0 bridgehead atoms. The van der Waals surface area contributed by atoms with E-state index in [-0.39, 0.29) is 29.5 Å². The van der Waals surface area contributed by atoms with Crippen molar-refractivity contribution in [2.75, 3.05) is 19.0 Å². The van der Waals surface area contributed by atoms with E-state index >= 15 is 0 Å². The van der Waals surface area contributed by atoms with Crippen molar-refractivity contribution >= 4 is 21.6 Å². The SMILES string of the molecule is COc1ccc(-c2nc3c(c(=O)[nH]2)CN(S(=O)(=O)c2ccc(NC(C)=O)cc2)CC3)cc1. The molecule has 4 rings (SSSR count). The molecule has 0 saturated carbocycles. The van der Waals surface area contributed by atoms with E-state index in [1.54, 1.807) is 31.4 Å². The first-order chi connectivity index (χ1) is 15.3. The van der Waals surface area contributed by atoms with Crippen molar-refractivity contribution in [2.24, 2.45) is 0 Å². The van der Waals surface area contributed by atoms with Gasteiger partial charge in [-0.2, -0.15) is 4.31 Å². The molecular weight excluding hydrogens is 432 g/mol. The second-order valence-electron chi connectivity index (χ2n) is 7.36. The summed E-state index contributed by atoms with van der Waals surface area (Å²) in [6, 6.07) is 13.1. The van der Waals surface area contributed by atoms with Crippen LogP contribution in [0.3, 0.4) is 0 Å². The number of aromatic nitrogens is 2. The molecule has 1 aliphatic rings. The van der Waals surface area contributed by atoms with Gasteiger partial charge in [-0.05, 0) is 48.5 Å². The number of methoxy groups -OCH3 is 1. The van der Waals surface area contributed by atoms with E-state index in [1.807, 2.05) is 0 Å². The number of rotatable bonds is 5. The Bertz CT molecular complexity index is 1320. The number of ether oxygens (including phenoxy) is 1. The molecule has 1 amide bonds. The number of fused-ring (bicyclic) bond motifs is 1. The number of carbonyl (C=O) groups is 1. The molecule has 2 heterocycles. The summed E-state index contributed by atoms with van der Waals surface area (Å²) in [6.07, 6.45) is 0.325. The molecule has 0 unspecified atom stereocenters. The molecule has 0 spiro atoms. The van der Waals surface area contributed by atoms with E-state index < -0.39 is 10.0 Å². The van der Waals surface area contributed by atoms with E-state index in [0.717, 1.165) is 5.56 Å². The molecule has 2 aromatic carbocycles. The third-order valence-electron chi connectivity index (χ3n) is 5.21. The van der Waals surface area contributed by atoms with E-state index in [2.05, 4.69) is 15.3 Å². The number of aromatic amines is 1. The summed E-state index contributed by atoms with van der Waals surface area (Å²) in [5, 5.41) is 2.60. The van der Waals surface area contributed by atoms with Gasteiger partial charge in [-0.1, -0.05) is 0 Å². The fraction of sp³-hybridized carbons (Fsp3) is 0.227. The van der Waals surface area contributed by atoms with Crippen molar-refractivity contribution in [3.05, 3.63) is 70.1 Å². The molecule has 3 aromatic rings. The quantitative estimate of drug-likeness (QED) is 0.609. The normalized spacial score (nSPS) is 13.9. The van der Waals surface area contributed by atoms with Crippen molar-refractivity contribution in [1.29, 1.82) is 0 Å². The van der Waals surface area contributed by atoms with Gasteiger partial charge in [0.15, 0.2) is 0 Å². The molecule has 10 heteroatoms. The first kappa shape index (κ1) is 21.7. The van der Waals surface area contributed by atoms with Gasteiger partial charge in [-0.15, -0.1) is 0 Å². The highest BCUT2D eigenvalue weighted by atomic mass is 32.2. The van der Waals surface area contributed by atoms with Crippen LogP contribution < -0.4 is 15.6 Å². The topological polar surface area (TPSA) is 121 Å². The Morgan fingerprint density at radius 2 is 1.81 bits per heavy atom. The first-order valence-corrected chi connectivity index (χ1v) is 11.4. The second kappa shape index (κ2) is 8.56. The number of benzene rings is 2. The molecule has 0 atom stereocenters. The minimum Gasteiger partial charge on any atom is -0.497 e. The van der Waals surface area contributed by atoms with Crippen molar-refractivity contribution in [2.45, 2.75) is 24.8 Å². The van der Waals surface area contributed by atoms with Crippen molar-refractivity contribution in [3.63, 3.8) is 0 Å². The lowest BCUT2D eigenvalue weighted by Crippen LogP contribution is -2.39. The number of sulfonamides is 1. The van der Waals surface area contributed by atoms with Gasteiger partial charge in [0.2, 0.25) is 15.9 Å². The monoisotopic (exact) mass is 454 g/mol. The number of nitrogens with zero attached hydrogens (tertiary/aromatic N) is 2. The number of carbonyl (C=O) groups excluding carboxylic acids is 1. The standard InChI is InChI=1S/C22H22N4O5S/c1-14(27)23-16-5-9-18(10-6-16)32(29,30)26-12-11-20-19(13-26)22(28)25-21(24-20)15-3-7-17(31-2)8-4-15/h3-10H,11-13H2,1-2H3,(H,23,27)(H,24,25,28). The summed E-state index contributed by atoms with van der Waals surface area (Å²) in [7, 11) is -2.24. The zero-order chi connectivity index (χ0) is 22.9. The van der Waals surface area contributed by atoms with Crippen LogP contribution in [0.5, 0.6) is 5.75 Å². The third kappa shape index (κ3) is 4.27. The molecule has 9 nitrogen and oxygen atoms in total. The van der Waals surface area contributed by atoms with Gasteiger partial charge in [0.1, 0.15) is 11.6 Å². The zero-order valence-corrected chi connectivity index (χ0v) is 18.4. The maximum atomic E-state index is 13.1. The average molecular weight is 455 g/mol. The maximum absolute atomic E-state index is 13.1. The lowest BCUT2D eigenvalue weighted by atomic mass is 10.1. The molecule has 1 aromatic heterocycles. The predicted molar refractivity (Wildman–Crippen MR) is 119 cm³/mol. The minimum atomic E-state index is -3.81. The van der Waals surface area contributed by atoms with Crippen LogP contribution in [0.2, 0.25) is 0 Å². The summed E-state index contributed by atoms with van der Waals surface area (Å²) in [5.74, 6) is 0.885. The Kier molecular flexibility index (Phi) is 5.81. The summed E-state index contributed by atoms with van der Waals surface area (Å²) in [6.45, 7) is 1.53. The molecule has 32 heavy (non-hydrogen) atoms. The Morgan fingerprint density at radius 1 is 1.12 bits per heavy atom. The Labute approximate surface area is 185 Å². The van der Waals surface area contributed by atoms with Gasteiger partial charge in [0.05, 0.1) is 23.3 Å². The number of amides is 1. The highest BCUT2D eigenvalue weighted by Gasteiger charge is 2.30. The number of hydrogen-bond acceptors (Lipinski definition) is 6. The lowest BCUT2D eigenvalue weighted by Gasteiger charge is -2.27. The molecule has 1 aliphatic heterocycles. The van der Waals surface area contributed by atoms with Crippen LogP contribution >= 0.6 is 0 Å². The highest BCUT2D eigenvalue weighted by Crippen LogP contribution is 2.25. The number of anilines is 1. The summed E-state index contributed by atoms with van der Waals surface area (Å²) < 4.78 is 32.6. The average Bonchev–Trinajstić information content (AvgIpc) is 2.79. The first-order valence-electron chi connectivity index (χ1n) is 9.92. The Hall–Kier alpha value is -3.50. The predicted octanol–water partition coefficient (Wildman–Crippen LogP) is 2.15.